The number of rotatable bonds is 1. The van der Waals surface area contributed by atoms with Gasteiger partial charge >= 0.3 is 0 Å². The first kappa shape index (κ1) is 8.67. The second kappa shape index (κ2) is 4.54. The summed E-state index contributed by atoms with van der Waals surface area (Å²) >= 11 is 3.37. The fraction of sp³-hybridized carbons (Fsp3) is 0.333. The maximum atomic E-state index is 3.37. The van der Waals surface area contributed by atoms with Crippen LogP contribution in [0.5, 0.6) is 0 Å². The van der Waals surface area contributed by atoms with Crippen LogP contribution in [0.1, 0.15) is 0 Å². The molecule has 0 N–H and O–H groups in total. The van der Waals surface area contributed by atoms with Gasteiger partial charge in [-0.05, 0) is 0 Å². The number of halogens is 1. The van der Waals surface area contributed by atoms with Crippen LogP contribution >= 0.6 is 15.9 Å². The molecule has 0 saturated carbocycles. The van der Waals surface area contributed by atoms with Crippen LogP contribution in [0.2, 0.25) is 0 Å². The van der Waals surface area contributed by atoms with Crippen molar-refractivity contribution in [1.82, 2.24) is 0 Å². The molecule has 0 unspecified atom stereocenters. The van der Waals surface area contributed by atoms with Crippen LogP contribution in [0.3, 0.4) is 0 Å². The zero-order valence-electron chi connectivity index (χ0n) is 4.47. The molecule has 1 aliphatic rings. The molecule has 0 amide bonds. The van der Waals surface area contributed by atoms with Crippen LogP contribution in [0, 0.1) is 5.92 Å². The molecule has 0 aromatic heterocycles. The molecular weight excluding hydrogens is 200 g/mol. The third-order valence-electron chi connectivity index (χ3n) is 1.01. The zero-order valence-corrected chi connectivity index (χ0v) is 7.62. The molecular formula is C6H7BrTi. The summed E-state index contributed by atoms with van der Waals surface area (Å²) in [7, 11) is 0. The van der Waals surface area contributed by atoms with Crippen molar-refractivity contribution in [3.05, 3.63) is 24.3 Å². The Morgan fingerprint density at radius 2 is 1.75 bits per heavy atom. The average Bonchev–Trinajstić information content (AvgIpc) is 2.14. The van der Waals surface area contributed by atoms with Gasteiger partial charge in [0.05, 0.1) is 0 Å². The normalized spacial score (nSPS) is 16.6. The summed E-state index contributed by atoms with van der Waals surface area (Å²) < 4.78 is 0. The first-order valence-corrected chi connectivity index (χ1v) is 3.46. The SMILES string of the molecule is BrCC1C=CC=C1.[Ti]. The van der Waals surface area contributed by atoms with E-state index in [1.54, 1.807) is 0 Å². The standard InChI is InChI=1S/C6H7Br.Ti/c7-5-6-3-1-2-4-6;/h1-4,6H,5H2;. The smallest absolute Gasteiger partial charge is 0.0129 e. The molecule has 0 aromatic rings. The van der Waals surface area contributed by atoms with Crippen molar-refractivity contribution in [2.45, 2.75) is 0 Å². The van der Waals surface area contributed by atoms with Crippen LogP contribution in [-0.2, 0) is 21.7 Å². The van der Waals surface area contributed by atoms with Crippen molar-refractivity contribution in [2.75, 3.05) is 5.33 Å². The van der Waals surface area contributed by atoms with E-state index in [1.165, 1.54) is 0 Å². The molecule has 0 fully saturated rings. The summed E-state index contributed by atoms with van der Waals surface area (Å²) in [4.78, 5) is 0. The Hall–Kier alpha value is 0.674. The summed E-state index contributed by atoms with van der Waals surface area (Å²) in [5.41, 5.74) is 0. The third kappa shape index (κ3) is 2.30. The van der Waals surface area contributed by atoms with Crippen LogP contribution < -0.4 is 0 Å². The summed E-state index contributed by atoms with van der Waals surface area (Å²) in [6, 6.07) is 0. The van der Waals surface area contributed by atoms with Crippen molar-refractivity contribution in [3.63, 3.8) is 0 Å². The summed E-state index contributed by atoms with van der Waals surface area (Å²) in [6.07, 6.45) is 8.50. The van der Waals surface area contributed by atoms with Crippen molar-refractivity contribution < 1.29 is 21.7 Å². The molecule has 8 heavy (non-hydrogen) atoms. The molecule has 1 rings (SSSR count). The van der Waals surface area contributed by atoms with Crippen molar-refractivity contribution in [2.24, 2.45) is 5.92 Å². The van der Waals surface area contributed by atoms with Crippen LogP contribution in [0.4, 0.5) is 0 Å². The van der Waals surface area contributed by atoms with E-state index in [2.05, 4.69) is 40.2 Å². The topological polar surface area (TPSA) is 0 Å². The van der Waals surface area contributed by atoms with Gasteiger partial charge in [0.1, 0.15) is 0 Å². The minimum Gasteiger partial charge on any atom is -0.0918 e. The molecule has 0 saturated heterocycles. The second-order valence-electron chi connectivity index (χ2n) is 1.59. The molecule has 1 aliphatic carbocycles. The van der Waals surface area contributed by atoms with Crippen LogP contribution in [-0.4, -0.2) is 5.33 Å². The van der Waals surface area contributed by atoms with Crippen molar-refractivity contribution in [1.29, 1.82) is 0 Å². The van der Waals surface area contributed by atoms with E-state index in [9.17, 15) is 0 Å². The molecule has 0 bridgehead atoms. The van der Waals surface area contributed by atoms with Gasteiger partial charge in [0.25, 0.3) is 0 Å². The molecule has 0 spiro atoms. The molecule has 2 heteroatoms. The van der Waals surface area contributed by atoms with Gasteiger partial charge in [-0.15, -0.1) is 0 Å². The zero-order chi connectivity index (χ0) is 5.11. The van der Waals surface area contributed by atoms with Crippen LogP contribution in [0.25, 0.3) is 0 Å². The molecule has 42 valence electrons. The summed E-state index contributed by atoms with van der Waals surface area (Å²) in [6.45, 7) is 0. The van der Waals surface area contributed by atoms with Gasteiger partial charge in [-0.2, -0.15) is 0 Å². The van der Waals surface area contributed by atoms with E-state index in [-0.39, 0.29) is 21.7 Å². The van der Waals surface area contributed by atoms with Gasteiger partial charge in [0.15, 0.2) is 0 Å². The van der Waals surface area contributed by atoms with E-state index >= 15 is 0 Å². The van der Waals surface area contributed by atoms with Gasteiger partial charge < -0.3 is 0 Å². The fourth-order valence-corrected chi connectivity index (χ4v) is 1.01. The number of allylic oxidation sites excluding steroid dienone is 4. The Labute approximate surface area is 73.1 Å². The van der Waals surface area contributed by atoms with E-state index in [4.69, 9.17) is 0 Å². The molecule has 0 radical (unpaired) electrons. The van der Waals surface area contributed by atoms with E-state index < -0.39 is 0 Å². The summed E-state index contributed by atoms with van der Waals surface area (Å²) in [5.74, 6) is 0.653. The first-order chi connectivity index (χ1) is 3.43. The predicted octanol–water partition coefficient (Wildman–Crippen LogP) is 2.12. The van der Waals surface area contributed by atoms with Gasteiger partial charge in [-0.1, -0.05) is 40.2 Å². The minimum atomic E-state index is 0. The second-order valence-corrected chi connectivity index (χ2v) is 2.24. The maximum absolute atomic E-state index is 3.37. The number of alkyl halides is 1. The molecule has 0 heterocycles. The largest absolute Gasteiger partial charge is 0.0918 e. The summed E-state index contributed by atoms with van der Waals surface area (Å²) in [5, 5.41) is 1.06. The first-order valence-electron chi connectivity index (χ1n) is 2.34. The van der Waals surface area contributed by atoms with Gasteiger partial charge in [0.2, 0.25) is 0 Å². The Kier molecular flexibility index (Phi) is 4.93. The molecule has 0 aromatic carbocycles. The van der Waals surface area contributed by atoms with Crippen molar-refractivity contribution in [3.8, 4) is 0 Å². The molecule has 0 atom stereocenters. The Morgan fingerprint density at radius 3 is 2.00 bits per heavy atom. The van der Waals surface area contributed by atoms with Gasteiger partial charge in [-0.25, -0.2) is 0 Å². The van der Waals surface area contributed by atoms with Gasteiger partial charge in [-0.3, -0.25) is 0 Å². The van der Waals surface area contributed by atoms with Crippen molar-refractivity contribution >= 4 is 15.9 Å². The molecule has 0 aliphatic heterocycles. The third-order valence-corrected chi connectivity index (χ3v) is 1.75. The van der Waals surface area contributed by atoms with E-state index in [0.29, 0.717) is 5.92 Å². The molecule has 0 nitrogen and oxygen atoms in total. The number of hydrogen-bond acceptors (Lipinski definition) is 0. The Bertz CT molecular complexity index is 95.1. The van der Waals surface area contributed by atoms with E-state index in [0.717, 1.165) is 5.33 Å². The van der Waals surface area contributed by atoms with Crippen LogP contribution in [0.15, 0.2) is 24.3 Å². The number of hydrogen-bond donors (Lipinski definition) is 0. The monoisotopic (exact) mass is 206 g/mol. The maximum Gasteiger partial charge on any atom is 0.0129 e. The van der Waals surface area contributed by atoms with Gasteiger partial charge in [0, 0.05) is 33.0 Å². The van der Waals surface area contributed by atoms with E-state index in [1.807, 2.05) is 0 Å². The minimum absolute atomic E-state index is 0. The Balaban J connectivity index is 0.000000490. The average molecular weight is 207 g/mol. The fourth-order valence-electron chi connectivity index (χ4n) is 0.581. The predicted molar refractivity (Wildman–Crippen MR) is 35.6 cm³/mol. The Morgan fingerprint density at radius 1 is 1.25 bits per heavy atom. The quantitative estimate of drug-likeness (QED) is 0.456.